The predicted octanol–water partition coefficient (Wildman–Crippen LogP) is 3.83. The van der Waals surface area contributed by atoms with Crippen LogP contribution in [0.25, 0.3) is 10.8 Å². The van der Waals surface area contributed by atoms with Crippen LogP contribution in [0.2, 0.25) is 5.15 Å². The van der Waals surface area contributed by atoms with Crippen molar-refractivity contribution in [3.8, 4) is 5.75 Å². The lowest BCUT2D eigenvalue weighted by Gasteiger charge is -2.10. The van der Waals surface area contributed by atoms with Gasteiger partial charge >= 0.3 is 0 Å². The third kappa shape index (κ3) is 3.27. The summed E-state index contributed by atoms with van der Waals surface area (Å²) in [6.07, 6.45) is 1.68. The highest BCUT2D eigenvalue weighted by Crippen LogP contribution is 2.28. The molecule has 0 aliphatic carbocycles. The van der Waals surface area contributed by atoms with Gasteiger partial charge in [0.1, 0.15) is 10.9 Å². The second-order valence-corrected chi connectivity index (χ2v) is 5.39. The van der Waals surface area contributed by atoms with Crippen LogP contribution in [-0.2, 0) is 6.54 Å². The number of ether oxygens (including phenoxy) is 1. The number of amides is 1. The van der Waals surface area contributed by atoms with Gasteiger partial charge in [0.2, 0.25) is 0 Å². The van der Waals surface area contributed by atoms with Crippen molar-refractivity contribution in [1.82, 2.24) is 10.3 Å². The fourth-order valence-corrected chi connectivity index (χ4v) is 2.59. The van der Waals surface area contributed by atoms with Crippen LogP contribution in [0.5, 0.6) is 5.75 Å². The van der Waals surface area contributed by atoms with E-state index in [1.807, 2.05) is 36.4 Å². The average molecular weight is 327 g/mol. The zero-order valence-corrected chi connectivity index (χ0v) is 13.3. The van der Waals surface area contributed by atoms with Crippen molar-refractivity contribution >= 4 is 28.3 Å². The number of rotatable bonds is 4. The summed E-state index contributed by atoms with van der Waals surface area (Å²) in [4.78, 5) is 16.3. The molecule has 0 radical (unpaired) electrons. The number of aromatic nitrogens is 1. The zero-order valence-electron chi connectivity index (χ0n) is 12.5. The Morgan fingerprint density at radius 3 is 2.70 bits per heavy atom. The lowest BCUT2D eigenvalue weighted by Crippen LogP contribution is -2.22. The van der Waals surface area contributed by atoms with E-state index in [0.717, 1.165) is 22.1 Å². The molecule has 0 aliphatic rings. The Balaban J connectivity index is 1.88. The molecule has 0 saturated carbocycles. The first kappa shape index (κ1) is 15.3. The number of nitrogens with zero attached hydrogens (tertiary/aromatic N) is 1. The minimum atomic E-state index is -0.128. The Morgan fingerprint density at radius 2 is 1.96 bits per heavy atom. The van der Waals surface area contributed by atoms with Gasteiger partial charge in [-0.05, 0) is 41.3 Å². The number of carbonyl (C=O) groups excluding carboxylic acids is 1. The van der Waals surface area contributed by atoms with E-state index in [9.17, 15) is 4.79 Å². The number of pyridine rings is 1. The highest BCUT2D eigenvalue weighted by atomic mass is 35.5. The van der Waals surface area contributed by atoms with Crippen LogP contribution in [0, 0.1) is 0 Å². The maximum Gasteiger partial charge on any atom is 0.251 e. The minimum Gasteiger partial charge on any atom is -0.497 e. The maximum atomic E-state index is 12.2. The summed E-state index contributed by atoms with van der Waals surface area (Å²) in [5.74, 6) is 0.604. The van der Waals surface area contributed by atoms with Gasteiger partial charge in [0, 0.05) is 23.7 Å². The third-order valence-corrected chi connectivity index (χ3v) is 3.91. The molecular formula is C18H15ClN2O2. The molecule has 0 unspecified atom stereocenters. The van der Waals surface area contributed by atoms with E-state index in [0.29, 0.717) is 17.3 Å². The van der Waals surface area contributed by atoms with Gasteiger partial charge in [-0.15, -0.1) is 0 Å². The van der Waals surface area contributed by atoms with Gasteiger partial charge in [-0.2, -0.15) is 0 Å². The highest BCUT2D eigenvalue weighted by Gasteiger charge is 2.10. The van der Waals surface area contributed by atoms with Gasteiger partial charge in [0.15, 0.2) is 0 Å². The van der Waals surface area contributed by atoms with Gasteiger partial charge in [-0.25, -0.2) is 4.98 Å². The maximum absolute atomic E-state index is 12.2. The van der Waals surface area contributed by atoms with Crippen LogP contribution in [0.1, 0.15) is 15.9 Å². The Hall–Kier alpha value is -2.59. The zero-order chi connectivity index (χ0) is 16.2. The predicted molar refractivity (Wildman–Crippen MR) is 90.9 cm³/mol. The number of carbonyl (C=O) groups is 1. The normalized spacial score (nSPS) is 10.5. The quantitative estimate of drug-likeness (QED) is 0.741. The molecule has 1 N–H and O–H groups in total. The number of hydrogen-bond donors (Lipinski definition) is 1. The molecule has 3 aromatic rings. The second kappa shape index (κ2) is 6.67. The molecule has 0 bridgehead atoms. The lowest BCUT2D eigenvalue weighted by atomic mass is 10.1. The van der Waals surface area contributed by atoms with Crippen molar-refractivity contribution < 1.29 is 9.53 Å². The SMILES string of the molecule is COc1ccc2c(Cl)ncc(CNC(=O)c3ccccc3)c2c1. The number of hydrogen-bond acceptors (Lipinski definition) is 3. The molecule has 0 fully saturated rings. The van der Waals surface area contributed by atoms with Crippen molar-refractivity contribution in [2.24, 2.45) is 0 Å². The van der Waals surface area contributed by atoms with E-state index in [1.165, 1.54) is 0 Å². The third-order valence-electron chi connectivity index (χ3n) is 3.60. The summed E-state index contributed by atoms with van der Waals surface area (Å²) in [7, 11) is 1.61. The van der Waals surface area contributed by atoms with Crippen molar-refractivity contribution in [3.05, 3.63) is 71.0 Å². The number of halogens is 1. The Labute approximate surface area is 139 Å². The molecule has 5 heteroatoms. The van der Waals surface area contributed by atoms with Crippen molar-refractivity contribution in [1.29, 1.82) is 0 Å². The Morgan fingerprint density at radius 1 is 1.17 bits per heavy atom. The summed E-state index contributed by atoms with van der Waals surface area (Å²) in [5.41, 5.74) is 1.50. The monoisotopic (exact) mass is 326 g/mol. The molecule has 1 amide bonds. The summed E-state index contributed by atoms with van der Waals surface area (Å²) in [6.45, 7) is 0.363. The second-order valence-electron chi connectivity index (χ2n) is 5.03. The number of nitrogens with one attached hydrogen (secondary N) is 1. The largest absolute Gasteiger partial charge is 0.497 e. The van der Waals surface area contributed by atoms with Crippen LogP contribution >= 0.6 is 11.6 Å². The molecular weight excluding hydrogens is 312 g/mol. The van der Waals surface area contributed by atoms with Crippen molar-refractivity contribution in [3.63, 3.8) is 0 Å². The van der Waals surface area contributed by atoms with E-state index < -0.39 is 0 Å². The summed E-state index contributed by atoms with van der Waals surface area (Å²) < 4.78 is 5.26. The first-order chi connectivity index (χ1) is 11.2. The molecule has 0 aliphatic heterocycles. The van der Waals surface area contributed by atoms with Crippen molar-refractivity contribution in [2.75, 3.05) is 7.11 Å². The van der Waals surface area contributed by atoms with Crippen LogP contribution in [0.3, 0.4) is 0 Å². The van der Waals surface area contributed by atoms with Gasteiger partial charge in [-0.1, -0.05) is 29.8 Å². The van der Waals surface area contributed by atoms with E-state index >= 15 is 0 Å². The molecule has 0 atom stereocenters. The standard InChI is InChI=1S/C18H15ClN2O2/c1-23-14-7-8-15-16(9-14)13(10-20-17(15)19)11-21-18(22)12-5-3-2-4-6-12/h2-10H,11H2,1H3,(H,21,22). The van der Waals surface area contributed by atoms with Gasteiger partial charge in [-0.3, -0.25) is 4.79 Å². The topological polar surface area (TPSA) is 51.2 Å². The Kier molecular flexibility index (Phi) is 4.44. The number of benzene rings is 2. The van der Waals surface area contributed by atoms with E-state index in [4.69, 9.17) is 16.3 Å². The summed E-state index contributed by atoms with van der Waals surface area (Å²) in [5, 5.41) is 5.08. The molecule has 3 rings (SSSR count). The van der Waals surface area contributed by atoms with Crippen molar-refractivity contribution in [2.45, 2.75) is 6.54 Å². The summed E-state index contributed by atoms with van der Waals surface area (Å²) >= 11 is 6.14. The molecule has 0 spiro atoms. The smallest absolute Gasteiger partial charge is 0.251 e. The molecule has 4 nitrogen and oxygen atoms in total. The number of methoxy groups -OCH3 is 1. The van der Waals surface area contributed by atoms with Gasteiger partial charge < -0.3 is 10.1 Å². The van der Waals surface area contributed by atoms with Crippen LogP contribution < -0.4 is 10.1 Å². The average Bonchev–Trinajstić information content (AvgIpc) is 2.61. The van der Waals surface area contributed by atoms with E-state index in [2.05, 4.69) is 10.3 Å². The van der Waals surface area contributed by atoms with Crippen LogP contribution in [-0.4, -0.2) is 18.0 Å². The molecule has 1 heterocycles. The first-order valence-electron chi connectivity index (χ1n) is 7.13. The van der Waals surface area contributed by atoms with E-state index in [-0.39, 0.29) is 5.91 Å². The molecule has 0 saturated heterocycles. The molecule has 2 aromatic carbocycles. The van der Waals surface area contributed by atoms with E-state index in [1.54, 1.807) is 25.4 Å². The fourth-order valence-electron chi connectivity index (χ4n) is 2.38. The van der Waals surface area contributed by atoms with Gasteiger partial charge in [0.25, 0.3) is 5.91 Å². The molecule has 23 heavy (non-hydrogen) atoms. The van der Waals surface area contributed by atoms with Crippen LogP contribution in [0.4, 0.5) is 0 Å². The molecule has 1 aromatic heterocycles. The number of fused-ring (bicyclic) bond motifs is 1. The summed E-state index contributed by atoms with van der Waals surface area (Å²) in [6, 6.07) is 14.7. The van der Waals surface area contributed by atoms with Crippen LogP contribution in [0.15, 0.2) is 54.7 Å². The Bertz CT molecular complexity index is 850. The molecule has 116 valence electrons. The first-order valence-corrected chi connectivity index (χ1v) is 7.51. The minimum absolute atomic E-state index is 0.128. The lowest BCUT2D eigenvalue weighted by molar-refractivity contribution is 0.0951. The van der Waals surface area contributed by atoms with Gasteiger partial charge in [0.05, 0.1) is 7.11 Å². The highest BCUT2D eigenvalue weighted by molar-refractivity contribution is 6.34. The fraction of sp³-hybridized carbons (Fsp3) is 0.111.